The molecule has 0 saturated carbocycles. The van der Waals surface area contributed by atoms with Crippen LogP contribution in [0.25, 0.3) is 0 Å². The number of hydrogen-bond donors (Lipinski definition) is 2. The van der Waals surface area contributed by atoms with E-state index in [1.54, 1.807) is 12.3 Å². The molecule has 122 valence electrons. The average molecular weight is 311 g/mol. The third-order valence-corrected chi connectivity index (χ3v) is 3.53. The molecule has 23 heavy (non-hydrogen) atoms. The Hall–Kier alpha value is -2.36. The van der Waals surface area contributed by atoms with Gasteiger partial charge < -0.3 is 10.6 Å². The quantitative estimate of drug-likeness (QED) is 0.831. The molecule has 0 radical (unpaired) electrons. The van der Waals surface area contributed by atoms with Crippen molar-refractivity contribution < 1.29 is 4.79 Å². The molecule has 0 unspecified atom stereocenters. The maximum Gasteiger partial charge on any atom is 0.274 e. The fourth-order valence-electron chi connectivity index (χ4n) is 2.38. The van der Waals surface area contributed by atoms with Crippen molar-refractivity contribution in [3.63, 3.8) is 0 Å². The summed E-state index contributed by atoms with van der Waals surface area (Å²) >= 11 is 0. The highest BCUT2D eigenvalue weighted by Gasteiger charge is 2.08. The van der Waals surface area contributed by atoms with Gasteiger partial charge in [-0.05, 0) is 61.6 Å². The monoisotopic (exact) mass is 311 g/mol. The molecule has 0 aliphatic carbocycles. The van der Waals surface area contributed by atoms with Crippen LogP contribution in [0.2, 0.25) is 0 Å². The van der Waals surface area contributed by atoms with Crippen LogP contribution in [0.3, 0.4) is 0 Å². The number of rotatable bonds is 6. The summed E-state index contributed by atoms with van der Waals surface area (Å²) in [5, 5.41) is 6.21. The zero-order chi connectivity index (χ0) is 16.8. The summed E-state index contributed by atoms with van der Waals surface area (Å²) in [5.74, 6) is 0.474. The minimum atomic E-state index is -0.191. The Bertz CT molecular complexity index is 643. The molecular formula is C19H25N3O. The minimum absolute atomic E-state index is 0.191. The number of amides is 1. The second-order valence-electron chi connectivity index (χ2n) is 6.37. The number of pyridine rings is 1. The van der Waals surface area contributed by atoms with Crippen LogP contribution in [0.5, 0.6) is 0 Å². The third-order valence-electron chi connectivity index (χ3n) is 3.53. The molecule has 0 fully saturated rings. The Balaban J connectivity index is 1.97. The van der Waals surface area contributed by atoms with E-state index in [1.807, 2.05) is 32.0 Å². The van der Waals surface area contributed by atoms with E-state index in [2.05, 4.69) is 35.5 Å². The van der Waals surface area contributed by atoms with Crippen LogP contribution in [0.15, 0.2) is 36.5 Å². The number of benzene rings is 1. The normalized spacial score (nSPS) is 10.7. The van der Waals surface area contributed by atoms with E-state index < -0.39 is 0 Å². The summed E-state index contributed by atoms with van der Waals surface area (Å²) in [5.41, 5.74) is 4.40. The van der Waals surface area contributed by atoms with E-state index in [4.69, 9.17) is 0 Å². The largest absolute Gasteiger partial charge is 0.384 e. The molecule has 1 amide bonds. The highest BCUT2D eigenvalue weighted by Crippen LogP contribution is 2.15. The van der Waals surface area contributed by atoms with Gasteiger partial charge in [0.05, 0.1) is 11.9 Å². The number of anilines is 2. The van der Waals surface area contributed by atoms with Crippen molar-refractivity contribution in [2.45, 2.75) is 34.1 Å². The molecule has 1 aromatic carbocycles. The van der Waals surface area contributed by atoms with E-state index in [1.165, 1.54) is 0 Å². The van der Waals surface area contributed by atoms with Gasteiger partial charge in [0.25, 0.3) is 5.91 Å². The summed E-state index contributed by atoms with van der Waals surface area (Å²) < 4.78 is 0. The number of aromatic nitrogens is 1. The van der Waals surface area contributed by atoms with Crippen LogP contribution in [0.4, 0.5) is 11.4 Å². The number of hydrogen-bond acceptors (Lipinski definition) is 3. The van der Waals surface area contributed by atoms with Gasteiger partial charge >= 0.3 is 0 Å². The van der Waals surface area contributed by atoms with Crippen LogP contribution >= 0.6 is 0 Å². The van der Waals surface area contributed by atoms with Crippen molar-refractivity contribution in [1.82, 2.24) is 4.98 Å². The van der Waals surface area contributed by atoms with E-state index in [0.717, 1.165) is 35.5 Å². The van der Waals surface area contributed by atoms with Crippen LogP contribution in [-0.4, -0.2) is 17.4 Å². The molecule has 0 bridgehead atoms. The summed E-state index contributed by atoms with van der Waals surface area (Å²) in [6.45, 7) is 9.32. The fraction of sp³-hybridized carbons (Fsp3) is 0.368. The average Bonchev–Trinajstić information content (AvgIpc) is 2.46. The molecular weight excluding hydrogens is 286 g/mol. The maximum atomic E-state index is 12.3. The van der Waals surface area contributed by atoms with Crippen molar-refractivity contribution in [3.8, 4) is 0 Å². The summed E-state index contributed by atoms with van der Waals surface area (Å²) in [7, 11) is 0. The van der Waals surface area contributed by atoms with Gasteiger partial charge in [-0.3, -0.25) is 4.79 Å². The van der Waals surface area contributed by atoms with E-state index in [-0.39, 0.29) is 5.91 Å². The van der Waals surface area contributed by atoms with Crippen LogP contribution in [0, 0.1) is 19.8 Å². The fourth-order valence-corrected chi connectivity index (χ4v) is 2.38. The van der Waals surface area contributed by atoms with E-state index in [9.17, 15) is 4.79 Å². The molecule has 1 aromatic heterocycles. The second kappa shape index (κ2) is 7.77. The zero-order valence-corrected chi connectivity index (χ0v) is 14.3. The SMILES string of the molecule is Cc1cc(C)cc(NC(=O)c2ccc(NCCC(C)C)cn2)c1. The summed E-state index contributed by atoms with van der Waals surface area (Å²) in [4.78, 5) is 16.5. The van der Waals surface area contributed by atoms with E-state index in [0.29, 0.717) is 11.6 Å². The van der Waals surface area contributed by atoms with Crippen LogP contribution in [-0.2, 0) is 0 Å². The zero-order valence-electron chi connectivity index (χ0n) is 14.3. The molecule has 1 heterocycles. The van der Waals surface area contributed by atoms with Gasteiger partial charge in [-0.2, -0.15) is 0 Å². The van der Waals surface area contributed by atoms with Crippen LogP contribution in [0.1, 0.15) is 41.9 Å². The van der Waals surface area contributed by atoms with Crippen molar-refractivity contribution in [2.24, 2.45) is 5.92 Å². The first kappa shape index (κ1) is 17.0. The number of nitrogens with zero attached hydrogens (tertiary/aromatic N) is 1. The van der Waals surface area contributed by atoms with Crippen molar-refractivity contribution >= 4 is 17.3 Å². The van der Waals surface area contributed by atoms with Gasteiger partial charge in [0.1, 0.15) is 5.69 Å². The summed E-state index contributed by atoms with van der Waals surface area (Å²) in [6.07, 6.45) is 2.81. The standard InChI is InChI=1S/C19H25N3O/c1-13(2)7-8-20-16-5-6-18(21-12-16)19(23)22-17-10-14(3)9-15(4)11-17/h5-6,9-13,20H,7-8H2,1-4H3,(H,22,23). The van der Waals surface area contributed by atoms with E-state index >= 15 is 0 Å². The molecule has 4 heteroatoms. The highest BCUT2D eigenvalue weighted by atomic mass is 16.1. The molecule has 0 aliphatic heterocycles. The molecule has 2 rings (SSSR count). The topological polar surface area (TPSA) is 54.0 Å². The van der Waals surface area contributed by atoms with Gasteiger partial charge in [0.2, 0.25) is 0 Å². The van der Waals surface area contributed by atoms with Crippen molar-refractivity contribution in [1.29, 1.82) is 0 Å². The molecule has 0 saturated heterocycles. The first-order chi connectivity index (χ1) is 10.9. The Morgan fingerprint density at radius 2 is 1.78 bits per heavy atom. The number of carbonyl (C=O) groups is 1. The second-order valence-corrected chi connectivity index (χ2v) is 6.37. The lowest BCUT2D eigenvalue weighted by atomic mass is 10.1. The Morgan fingerprint density at radius 1 is 1.09 bits per heavy atom. The molecule has 2 aromatic rings. The maximum absolute atomic E-state index is 12.3. The van der Waals surface area contributed by atoms with Gasteiger partial charge in [0, 0.05) is 12.2 Å². The molecule has 2 N–H and O–H groups in total. The lowest BCUT2D eigenvalue weighted by molar-refractivity contribution is 0.102. The van der Waals surface area contributed by atoms with Gasteiger partial charge in [-0.1, -0.05) is 19.9 Å². The Labute approximate surface area is 138 Å². The van der Waals surface area contributed by atoms with Gasteiger partial charge in [-0.15, -0.1) is 0 Å². The smallest absolute Gasteiger partial charge is 0.274 e. The highest BCUT2D eigenvalue weighted by molar-refractivity contribution is 6.03. The van der Waals surface area contributed by atoms with Crippen LogP contribution < -0.4 is 10.6 Å². The molecule has 0 spiro atoms. The molecule has 0 aliphatic rings. The lowest BCUT2D eigenvalue weighted by Gasteiger charge is -2.09. The first-order valence-electron chi connectivity index (χ1n) is 8.03. The first-order valence-corrected chi connectivity index (χ1v) is 8.03. The van der Waals surface area contributed by atoms with Crippen molar-refractivity contribution in [3.05, 3.63) is 53.3 Å². The van der Waals surface area contributed by atoms with Gasteiger partial charge in [-0.25, -0.2) is 4.98 Å². The van der Waals surface area contributed by atoms with Gasteiger partial charge in [0.15, 0.2) is 0 Å². The van der Waals surface area contributed by atoms with Crippen molar-refractivity contribution in [2.75, 3.05) is 17.2 Å². The Kier molecular flexibility index (Phi) is 5.74. The Morgan fingerprint density at radius 3 is 2.35 bits per heavy atom. The summed E-state index contributed by atoms with van der Waals surface area (Å²) in [6, 6.07) is 9.62. The predicted molar refractivity (Wildman–Crippen MR) is 96.1 cm³/mol. The lowest BCUT2D eigenvalue weighted by Crippen LogP contribution is -2.14. The number of carbonyl (C=O) groups excluding carboxylic acids is 1. The third kappa shape index (κ3) is 5.40. The minimum Gasteiger partial charge on any atom is -0.384 e. The molecule has 4 nitrogen and oxygen atoms in total. The number of aryl methyl sites for hydroxylation is 2. The predicted octanol–water partition coefficient (Wildman–Crippen LogP) is 4.41. The molecule has 0 atom stereocenters. The number of nitrogens with one attached hydrogen (secondary N) is 2.